The highest BCUT2D eigenvalue weighted by Gasteiger charge is 1.85. The number of pyridine rings is 1. The fourth-order valence-corrected chi connectivity index (χ4v) is 0.621. The summed E-state index contributed by atoms with van der Waals surface area (Å²) >= 11 is 0. The number of aryl methyl sites for hydroxylation is 1. The molecule has 94 valence electrons. The third kappa shape index (κ3) is 11.0. The number of anilines is 1. The molecule has 0 bridgehead atoms. The predicted molar refractivity (Wildman–Crippen MR) is 69.0 cm³/mol. The molecule has 0 saturated heterocycles. The zero-order chi connectivity index (χ0) is 10.8. The van der Waals surface area contributed by atoms with E-state index in [-0.39, 0.29) is 24.8 Å². The van der Waals surface area contributed by atoms with Gasteiger partial charge < -0.3 is 10.2 Å². The lowest BCUT2D eigenvalue weighted by molar-refractivity contribution is -0.128. The van der Waals surface area contributed by atoms with Crippen LogP contribution >= 0.6 is 24.8 Å². The summed E-state index contributed by atoms with van der Waals surface area (Å²) in [7, 11) is 0. The summed E-state index contributed by atoms with van der Waals surface area (Å²) in [4.78, 5) is 13.1. The van der Waals surface area contributed by atoms with E-state index in [4.69, 9.17) is 5.84 Å². The average molecular weight is 270 g/mol. The standard InChI is InChI=1S/C6H9N3.C3H6O2.2ClH/c1-5-2-3-6(9-7)8-4-5;1-2-5-3-4;;/h2-4H,7H2,1H3,(H,8,9);3H,2H2,1H3;2*1H. The van der Waals surface area contributed by atoms with E-state index in [0.717, 1.165) is 5.56 Å². The number of halogens is 2. The van der Waals surface area contributed by atoms with E-state index in [0.29, 0.717) is 18.9 Å². The minimum Gasteiger partial charge on any atom is -0.468 e. The minimum absolute atomic E-state index is 0. The average Bonchev–Trinajstić information content (AvgIpc) is 2.21. The molecule has 3 N–H and O–H groups in total. The first kappa shape index (κ1) is 20.4. The number of aromatic nitrogens is 1. The number of carbonyl (C=O) groups excluding carboxylic acids is 1. The number of rotatable bonds is 3. The van der Waals surface area contributed by atoms with Crippen molar-refractivity contribution in [2.75, 3.05) is 12.0 Å². The number of hydrogen-bond acceptors (Lipinski definition) is 5. The molecule has 0 aliphatic heterocycles. The maximum absolute atomic E-state index is 9.18. The molecule has 0 spiro atoms. The van der Waals surface area contributed by atoms with Crippen molar-refractivity contribution < 1.29 is 9.53 Å². The Hall–Kier alpha value is -1.04. The van der Waals surface area contributed by atoms with Crippen molar-refractivity contribution in [2.24, 2.45) is 5.84 Å². The molecule has 1 heterocycles. The van der Waals surface area contributed by atoms with Gasteiger partial charge in [-0.15, -0.1) is 24.8 Å². The van der Waals surface area contributed by atoms with Crippen molar-refractivity contribution in [3.8, 4) is 0 Å². The third-order valence-corrected chi connectivity index (χ3v) is 1.29. The molecular weight excluding hydrogens is 253 g/mol. The van der Waals surface area contributed by atoms with Gasteiger partial charge in [0.25, 0.3) is 6.47 Å². The van der Waals surface area contributed by atoms with E-state index in [1.54, 1.807) is 13.1 Å². The first-order valence-corrected chi connectivity index (χ1v) is 4.19. The molecule has 5 nitrogen and oxygen atoms in total. The molecule has 1 rings (SSSR count). The van der Waals surface area contributed by atoms with Crippen LogP contribution in [0.3, 0.4) is 0 Å². The van der Waals surface area contributed by atoms with E-state index in [2.05, 4.69) is 15.1 Å². The van der Waals surface area contributed by atoms with Gasteiger partial charge in [0.2, 0.25) is 0 Å². The maximum atomic E-state index is 9.18. The normalized spacial score (nSPS) is 7.19. The first-order valence-electron chi connectivity index (χ1n) is 4.19. The van der Waals surface area contributed by atoms with E-state index < -0.39 is 0 Å². The van der Waals surface area contributed by atoms with Gasteiger partial charge in [0.1, 0.15) is 5.82 Å². The number of ether oxygens (including phenoxy) is 1. The van der Waals surface area contributed by atoms with Crippen molar-refractivity contribution in [1.29, 1.82) is 0 Å². The zero-order valence-corrected chi connectivity index (χ0v) is 10.8. The lowest BCUT2D eigenvalue weighted by atomic mass is 10.3. The summed E-state index contributed by atoms with van der Waals surface area (Å²) in [6.07, 6.45) is 1.76. The van der Waals surface area contributed by atoms with Gasteiger partial charge >= 0.3 is 0 Å². The van der Waals surface area contributed by atoms with Crippen molar-refractivity contribution in [2.45, 2.75) is 13.8 Å². The van der Waals surface area contributed by atoms with Gasteiger partial charge in [0.05, 0.1) is 6.61 Å². The van der Waals surface area contributed by atoms with E-state index in [1.165, 1.54) is 0 Å². The second-order valence-corrected chi connectivity index (χ2v) is 2.42. The summed E-state index contributed by atoms with van der Waals surface area (Å²) in [6.45, 7) is 4.64. The summed E-state index contributed by atoms with van der Waals surface area (Å²) in [5, 5.41) is 0. The monoisotopic (exact) mass is 269 g/mol. The Bertz CT molecular complexity index is 257. The smallest absolute Gasteiger partial charge is 0.293 e. The van der Waals surface area contributed by atoms with Gasteiger partial charge in [-0.05, 0) is 25.5 Å². The van der Waals surface area contributed by atoms with Crippen molar-refractivity contribution in [3.05, 3.63) is 23.9 Å². The van der Waals surface area contributed by atoms with Crippen LogP contribution in [0, 0.1) is 6.92 Å². The fourth-order valence-electron chi connectivity index (χ4n) is 0.621. The van der Waals surface area contributed by atoms with Crippen LogP contribution in [0.1, 0.15) is 12.5 Å². The number of nitrogens with two attached hydrogens (primary N) is 1. The van der Waals surface area contributed by atoms with Crippen LogP contribution in [-0.4, -0.2) is 18.1 Å². The summed E-state index contributed by atoms with van der Waals surface area (Å²) in [5.74, 6) is 5.78. The summed E-state index contributed by atoms with van der Waals surface area (Å²) in [5.41, 5.74) is 3.58. The Morgan fingerprint density at radius 1 is 1.50 bits per heavy atom. The summed E-state index contributed by atoms with van der Waals surface area (Å²) < 4.78 is 4.15. The highest BCUT2D eigenvalue weighted by Crippen LogP contribution is 2.00. The number of hydrogen-bond donors (Lipinski definition) is 2. The quantitative estimate of drug-likeness (QED) is 0.496. The zero-order valence-electron chi connectivity index (χ0n) is 9.17. The first-order chi connectivity index (χ1) is 6.74. The molecule has 0 atom stereocenters. The minimum atomic E-state index is 0. The van der Waals surface area contributed by atoms with Crippen LogP contribution < -0.4 is 11.3 Å². The Balaban J connectivity index is -0.000000214. The molecule has 16 heavy (non-hydrogen) atoms. The van der Waals surface area contributed by atoms with Crippen LogP contribution in [0.4, 0.5) is 5.82 Å². The molecule has 1 aromatic rings. The Kier molecular flexibility index (Phi) is 17.8. The van der Waals surface area contributed by atoms with Gasteiger partial charge in [-0.3, -0.25) is 4.79 Å². The molecule has 0 fully saturated rings. The van der Waals surface area contributed by atoms with Gasteiger partial charge in [0.15, 0.2) is 0 Å². The van der Waals surface area contributed by atoms with Crippen LogP contribution in [0.15, 0.2) is 18.3 Å². The SMILES string of the molecule is CCOC=O.Cc1ccc(NN)nc1.Cl.Cl. The van der Waals surface area contributed by atoms with Crippen LogP contribution in [0.2, 0.25) is 0 Å². The Morgan fingerprint density at radius 2 is 2.12 bits per heavy atom. The highest BCUT2D eigenvalue weighted by atomic mass is 35.5. The molecular formula is C9H17Cl2N3O2. The molecule has 0 aliphatic rings. The second-order valence-electron chi connectivity index (χ2n) is 2.42. The molecule has 0 aromatic carbocycles. The lowest BCUT2D eigenvalue weighted by Gasteiger charge is -1.96. The number of carbonyl (C=O) groups is 1. The molecule has 0 unspecified atom stereocenters. The summed E-state index contributed by atoms with van der Waals surface area (Å²) in [6, 6.07) is 3.78. The predicted octanol–water partition coefficient (Wildman–Crippen LogP) is 1.70. The number of nitrogens with one attached hydrogen (secondary N) is 1. The van der Waals surface area contributed by atoms with E-state index in [1.807, 2.05) is 19.1 Å². The molecule has 1 aromatic heterocycles. The third-order valence-electron chi connectivity index (χ3n) is 1.29. The van der Waals surface area contributed by atoms with E-state index in [9.17, 15) is 4.79 Å². The van der Waals surface area contributed by atoms with Crippen molar-refractivity contribution >= 4 is 37.1 Å². The van der Waals surface area contributed by atoms with Crippen LogP contribution in [-0.2, 0) is 9.53 Å². The Morgan fingerprint density at radius 3 is 2.38 bits per heavy atom. The number of hydrazine groups is 1. The van der Waals surface area contributed by atoms with Crippen molar-refractivity contribution in [1.82, 2.24) is 4.98 Å². The maximum Gasteiger partial charge on any atom is 0.293 e. The fraction of sp³-hybridized carbons (Fsp3) is 0.333. The largest absolute Gasteiger partial charge is 0.468 e. The van der Waals surface area contributed by atoms with Gasteiger partial charge in [-0.25, -0.2) is 10.8 Å². The molecule has 0 saturated carbocycles. The molecule has 0 radical (unpaired) electrons. The van der Waals surface area contributed by atoms with Crippen LogP contribution in [0.5, 0.6) is 0 Å². The number of nitrogens with zero attached hydrogens (tertiary/aromatic N) is 1. The van der Waals surface area contributed by atoms with Crippen molar-refractivity contribution in [3.63, 3.8) is 0 Å². The van der Waals surface area contributed by atoms with Gasteiger partial charge in [-0.2, -0.15) is 0 Å². The lowest BCUT2D eigenvalue weighted by Crippen LogP contribution is -2.07. The number of nitrogen functional groups attached to an aromatic ring is 1. The second kappa shape index (κ2) is 14.0. The molecule has 7 heteroatoms. The Labute approximate surface area is 108 Å². The highest BCUT2D eigenvalue weighted by molar-refractivity contribution is 5.85. The topological polar surface area (TPSA) is 77.2 Å². The molecule has 0 aliphatic carbocycles. The van der Waals surface area contributed by atoms with Gasteiger partial charge in [0, 0.05) is 6.20 Å². The van der Waals surface area contributed by atoms with E-state index >= 15 is 0 Å². The van der Waals surface area contributed by atoms with Gasteiger partial charge in [-0.1, -0.05) is 6.07 Å². The van der Waals surface area contributed by atoms with Crippen LogP contribution in [0.25, 0.3) is 0 Å². The molecule has 0 amide bonds.